The van der Waals surface area contributed by atoms with E-state index in [0.29, 0.717) is 6.04 Å². The Hall–Kier alpha value is -2.18. The molecule has 24 heavy (non-hydrogen) atoms. The maximum atomic E-state index is 5.57. The molecule has 0 bridgehead atoms. The standard InChI is InChI=1S/C18H20N4OS/c1-23-15-9-7-14(8-10-15)16-5-4-11-20(16)13-22-18(24)21-12-3-2-6-17(21)19-22/h2-3,6-10,12,16H,4-5,11,13H2,1H3/t16-/m0/s1. The second-order valence-corrected chi connectivity index (χ2v) is 6.46. The zero-order valence-electron chi connectivity index (χ0n) is 13.6. The van der Waals surface area contributed by atoms with Crippen molar-refractivity contribution < 1.29 is 4.74 Å². The molecule has 1 atom stereocenters. The molecule has 6 heteroatoms. The topological polar surface area (TPSA) is 34.7 Å². The number of nitrogens with zero attached hydrogens (tertiary/aromatic N) is 4. The van der Waals surface area contributed by atoms with Crippen molar-refractivity contribution in [3.8, 4) is 5.75 Å². The number of pyridine rings is 1. The summed E-state index contributed by atoms with van der Waals surface area (Å²) in [5.74, 6) is 0.894. The molecule has 124 valence electrons. The SMILES string of the molecule is COc1ccc([C@@H]2CCCN2Cn2nc3ccccn3c2=S)cc1. The molecule has 1 aromatic carbocycles. The maximum Gasteiger partial charge on any atom is 0.203 e. The number of hydrogen-bond acceptors (Lipinski definition) is 4. The molecule has 0 N–H and O–H groups in total. The Labute approximate surface area is 146 Å². The van der Waals surface area contributed by atoms with Gasteiger partial charge in [0.15, 0.2) is 5.65 Å². The number of likely N-dealkylation sites (tertiary alicyclic amines) is 1. The van der Waals surface area contributed by atoms with Gasteiger partial charge in [0.2, 0.25) is 4.77 Å². The maximum absolute atomic E-state index is 5.57. The first-order valence-electron chi connectivity index (χ1n) is 8.18. The molecule has 0 unspecified atom stereocenters. The van der Waals surface area contributed by atoms with Crippen molar-refractivity contribution in [2.75, 3.05) is 13.7 Å². The molecule has 1 fully saturated rings. The smallest absolute Gasteiger partial charge is 0.203 e. The molecule has 3 heterocycles. The van der Waals surface area contributed by atoms with Gasteiger partial charge in [-0.15, -0.1) is 0 Å². The molecule has 1 aliphatic heterocycles. The summed E-state index contributed by atoms with van der Waals surface area (Å²) in [6.45, 7) is 1.78. The van der Waals surface area contributed by atoms with Gasteiger partial charge in [-0.25, -0.2) is 4.68 Å². The molecule has 0 radical (unpaired) electrons. The van der Waals surface area contributed by atoms with Crippen LogP contribution in [-0.4, -0.2) is 32.7 Å². The Balaban J connectivity index is 1.60. The van der Waals surface area contributed by atoms with Gasteiger partial charge in [-0.2, -0.15) is 5.10 Å². The van der Waals surface area contributed by atoms with Crippen LogP contribution >= 0.6 is 12.2 Å². The fraction of sp³-hybridized carbons (Fsp3) is 0.333. The van der Waals surface area contributed by atoms with Crippen LogP contribution in [-0.2, 0) is 6.67 Å². The summed E-state index contributed by atoms with van der Waals surface area (Å²) in [7, 11) is 1.70. The lowest BCUT2D eigenvalue weighted by Crippen LogP contribution is -2.26. The van der Waals surface area contributed by atoms with Crippen molar-refractivity contribution in [2.24, 2.45) is 0 Å². The second-order valence-electron chi connectivity index (χ2n) is 6.10. The fourth-order valence-electron chi connectivity index (χ4n) is 3.43. The first-order valence-corrected chi connectivity index (χ1v) is 8.59. The average molecular weight is 340 g/mol. The van der Waals surface area contributed by atoms with E-state index in [9.17, 15) is 0 Å². The highest BCUT2D eigenvalue weighted by molar-refractivity contribution is 7.71. The lowest BCUT2D eigenvalue weighted by atomic mass is 10.0. The van der Waals surface area contributed by atoms with E-state index in [2.05, 4.69) is 22.1 Å². The molecule has 1 saturated heterocycles. The van der Waals surface area contributed by atoms with Crippen molar-refractivity contribution in [3.63, 3.8) is 0 Å². The van der Waals surface area contributed by atoms with Crippen LogP contribution in [0.5, 0.6) is 5.75 Å². The highest BCUT2D eigenvalue weighted by Crippen LogP contribution is 2.33. The first kappa shape index (κ1) is 15.4. The molecular weight excluding hydrogens is 320 g/mol. The van der Waals surface area contributed by atoms with E-state index in [4.69, 9.17) is 17.0 Å². The Morgan fingerprint density at radius 1 is 1.21 bits per heavy atom. The molecule has 0 spiro atoms. The first-order chi connectivity index (χ1) is 11.8. The van der Waals surface area contributed by atoms with E-state index in [1.165, 1.54) is 12.0 Å². The average Bonchev–Trinajstić information content (AvgIpc) is 3.21. The molecule has 1 aliphatic rings. The number of ether oxygens (including phenoxy) is 1. The van der Waals surface area contributed by atoms with Crippen LogP contribution in [0.2, 0.25) is 0 Å². The molecule has 3 aromatic rings. The van der Waals surface area contributed by atoms with Crippen LogP contribution in [0, 0.1) is 4.77 Å². The van der Waals surface area contributed by atoms with E-state index >= 15 is 0 Å². The highest BCUT2D eigenvalue weighted by atomic mass is 32.1. The number of methoxy groups -OCH3 is 1. The van der Waals surface area contributed by atoms with E-state index in [1.54, 1.807) is 7.11 Å². The largest absolute Gasteiger partial charge is 0.497 e. The minimum atomic E-state index is 0.405. The van der Waals surface area contributed by atoms with E-state index < -0.39 is 0 Å². The van der Waals surface area contributed by atoms with Crippen LogP contribution in [0.25, 0.3) is 5.65 Å². The summed E-state index contributed by atoms with van der Waals surface area (Å²) >= 11 is 5.57. The van der Waals surface area contributed by atoms with Crippen molar-refractivity contribution in [3.05, 3.63) is 59.0 Å². The van der Waals surface area contributed by atoms with E-state index in [0.717, 1.165) is 35.8 Å². The summed E-state index contributed by atoms with van der Waals surface area (Å²) < 4.78 is 9.88. The fourth-order valence-corrected chi connectivity index (χ4v) is 3.68. The predicted molar refractivity (Wildman–Crippen MR) is 95.7 cm³/mol. The molecule has 5 nitrogen and oxygen atoms in total. The van der Waals surface area contributed by atoms with Gasteiger partial charge in [-0.3, -0.25) is 9.30 Å². The van der Waals surface area contributed by atoms with Gasteiger partial charge < -0.3 is 4.74 Å². The number of aromatic nitrogens is 3. The molecule has 0 saturated carbocycles. The summed E-state index contributed by atoms with van der Waals surface area (Å²) in [6, 6.07) is 14.7. The Bertz CT molecular complexity index is 899. The predicted octanol–water partition coefficient (Wildman–Crippen LogP) is 3.67. The quantitative estimate of drug-likeness (QED) is 0.679. The van der Waals surface area contributed by atoms with Crippen molar-refractivity contribution in [1.82, 2.24) is 19.1 Å². The van der Waals surface area contributed by atoms with Crippen LogP contribution in [0.4, 0.5) is 0 Å². The number of fused-ring (bicyclic) bond motifs is 1. The minimum Gasteiger partial charge on any atom is -0.497 e. The van der Waals surface area contributed by atoms with E-state index in [-0.39, 0.29) is 0 Å². The number of rotatable bonds is 4. The van der Waals surface area contributed by atoms with E-state index in [1.807, 2.05) is 45.6 Å². The summed E-state index contributed by atoms with van der Waals surface area (Å²) in [5, 5.41) is 4.65. The third kappa shape index (κ3) is 2.72. The lowest BCUT2D eigenvalue weighted by Gasteiger charge is -2.24. The van der Waals surface area contributed by atoms with Crippen molar-refractivity contribution >= 4 is 17.9 Å². The summed E-state index contributed by atoms with van der Waals surface area (Å²) in [5.41, 5.74) is 2.21. The minimum absolute atomic E-state index is 0.405. The highest BCUT2D eigenvalue weighted by Gasteiger charge is 2.26. The van der Waals surface area contributed by atoms with Gasteiger partial charge >= 0.3 is 0 Å². The van der Waals surface area contributed by atoms with Crippen LogP contribution in [0.15, 0.2) is 48.7 Å². The lowest BCUT2D eigenvalue weighted by molar-refractivity contribution is 0.190. The molecular formula is C18H20N4OS. The van der Waals surface area contributed by atoms with Gasteiger partial charge in [-0.05, 0) is 54.9 Å². The second kappa shape index (κ2) is 6.37. The van der Waals surface area contributed by atoms with Crippen molar-refractivity contribution in [1.29, 1.82) is 0 Å². The monoisotopic (exact) mass is 340 g/mol. The van der Waals surface area contributed by atoms with Gasteiger partial charge in [-0.1, -0.05) is 18.2 Å². The summed E-state index contributed by atoms with van der Waals surface area (Å²) in [4.78, 5) is 2.45. The number of hydrogen-bond donors (Lipinski definition) is 0. The Morgan fingerprint density at radius 2 is 2.04 bits per heavy atom. The van der Waals surface area contributed by atoms with Crippen molar-refractivity contribution in [2.45, 2.75) is 25.6 Å². The molecule has 2 aromatic heterocycles. The Kier molecular flexibility index (Phi) is 4.08. The molecule has 0 amide bonds. The van der Waals surface area contributed by atoms with Gasteiger partial charge in [0.1, 0.15) is 5.75 Å². The molecule has 0 aliphatic carbocycles. The van der Waals surface area contributed by atoms with Gasteiger partial charge in [0, 0.05) is 18.8 Å². The third-order valence-corrected chi connectivity index (χ3v) is 5.08. The Morgan fingerprint density at radius 3 is 2.79 bits per heavy atom. The molecule has 4 rings (SSSR count). The van der Waals surface area contributed by atoms with Gasteiger partial charge in [0.05, 0.1) is 13.8 Å². The zero-order valence-corrected chi connectivity index (χ0v) is 14.4. The summed E-state index contributed by atoms with van der Waals surface area (Å²) in [6.07, 6.45) is 4.32. The third-order valence-electron chi connectivity index (χ3n) is 4.67. The van der Waals surface area contributed by atoms with Crippen LogP contribution < -0.4 is 4.74 Å². The number of benzene rings is 1. The van der Waals surface area contributed by atoms with Crippen LogP contribution in [0.1, 0.15) is 24.4 Å². The van der Waals surface area contributed by atoms with Crippen LogP contribution in [0.3, 0.4) is 0 Å². The zero-order chi connectivity index (χ0) is 16.5. The normalized spacial score (nSPS) is 18.3. The van der Waals surface area contributed by atoms with Gasteiger partial charge in [0.25, 0.3) is 0 Å².